The maximum Gasteiger partial charge on any atom is 0.322 e. The topological polar surface area (TPSA) is 106 Å². The molecule has 2 aliphatic rings. The summed E-state index contributed by atoms with van der Waals surface area (Å²) >= 11 is 6.14. The van der Waals surface area contributed by atoms with Gasteiger partial charge in [-0.15, -0.1) is 0 Å². The van der Waals surface area contributed by atoms with Crippen molar-refractivity contribution in [3.8, 4) is 11.3 Å². The van der Waals surface area contributed by atoms with Crippen LogP contribution in [0.5, 0.6) is 0 Å². The van der Waals surface area contributed by atoms with Gasteiger partial charge in [0.1, 0.15) is 5.69 Å². The van der Waals surface area contributed by atoms with Gasteiger partial charge in [-0.25, -0.2) is 4.79 Å². The van der Waals surface area contributed by atoms with Crippen molar-refractivity contribution >= 4 is 35.4 Å². The van der Waals surface area contributed by atoms with Crippen LogP contribution in [0.1, 0.15) is 45.9 Å². The number of fused-ring (bicyclic) bond motifs is 1. The average Bonchev–Trinajstić information content (AvgIpc) is 3.59. The first-order valence-corrected chi connectivity index (χ1v) is 11.6. The van der Waals surface area contributed by atoms with E-state index >= 15 is 0 Å². The molecule has 1 aliphatic heterocycles. The zero-order chi connectivity index (χ0) is 23.8. The molecule has 1 saturated carbocycles. The summed E-state index contributed by atoms with van der Waals surface area (Å²) in [6, 6.07) is 12.8. The SMILES string of the molecule is CN=Cc1ccc(NC(=O)N2CCn3nc(-c4cccc(Cl)c4)c(C(N)=O)c3C2)cc1C1CC1. The minimum atomic E-state index is -0.583. The lowest BCUT2D eigenvalue weighted by atomic mass is 10.0. The molecular formula is C25H25ClN6O2. The molecule has 3 aromatic rings. The second-order valence-corrected chi connectivity index (χ2v) is 9.06. The molecule has 1 aliphatic carbocycles. The fraction of sp³-hybridized carbons (Fsp3) is 0.280. The second kappa shape index (κ2) is 8.95. The number of aliphatic imine (C=N–C) groups is 1. The van der Waals surface area contributed by atoms with Gasteiger partial charge in [0.2, 0.25) is 0 Å². The third-order valence-corrected chi connectivity index (χ3v) is 6.47. The van der Waals surface area contributed by atoms with E-state index in [2.05, 4.69) is 15.4 Å². The predicted octanol–water partition coefficient (Wildman–Crippen LogP) is 4.28. The largest absolute Gasteiger partial charge is 0.365 e. The summed E-state index contributed by atoms with van der Waals surface area (Å²) in [7, 11) is 1.76. The standard InChI is InChI=1S/C25H25ClN6O2/c1-28-13-17-7-8-19(12-20(17)15-5-6-15)29-25(34)31-9-10-32-21(14-31)22(24(27)33)23(30-32)16-3-2-4-18(26)11-16/h2-4,7-8,11-13,15H,5-6,9-10,14H2,1H3,(H2,27,33)(H,29,34). The molecule has 0 saturated heterocycles. The smallest absolute Gasteiger partial charge is 0.322 e. The molecule has 0 atom stereocenters. The van der Waals surface area contributed by atoms with Gasteiger partial charge in [-0.3, -0.25) is 14.5 Å². The molecule has 0 radical (unpaired) electrons. The second-order valence-electron chi connectivity index (χ2n) is 8.63. The Kier molecular flexibility index (Phi) is 5.83. The normalized spacial score (nSPS) is 15.4. The van der Waals surface area contributed by atoms with E-state index < -0.39 is 5.91 Å². The number of nitrogens with zero attached hydrogens (tertiary/aromatic N) is 4. The minimum absolute atomic E-state index is 0.230. The molecule has 2 aromatic carbocycles. The van der Waals surface area contributed by atoms with Crippen molar-refractivity contribution < 1.29 is 9.59 Å². The third-order valence-electron chi connectivity index (χ3n) is 6.24. The lowest BCUT2D eigenvalue weighted by Crippen LogP contribution is -2.41. The Bertz CT molecular complexity index is 1310. The number of nitrogens with one attached hydrogen (secondary N) is 1. The van der Waals surface area contributed by atoms with Crippen LogP contribution in [0.2, 0.25) is 5.02 Å². The van der Waals surface area contributed by atoms with Gasteiger partial charge in [-0.2, -0.15) is 5.10 Å². The van der Waals surface area contributed by atoms with Gasteiger partial charge < -0.3 is 16.0 Å². The Labute approximate surface area is 202 Å². The van der Waals surface area contributed by atoms with E-state index in [9.17, 15) is 9.59 Å². The fourth-order valence-electron chi connectivity index (χ4n) is 4.45. The van der Waals surface area contributed by atoms with Gasteiger partial charge in [0.15, 0.2) is 0 Å². The number of hydrogen-bond acceptors (Lipinski definition) is 4. The number of carbonyl (C=O) groups is 2. The number of halogens is 1. The zero-order valence-corrected chi connectivity index (χ0v) is 19.5. The van der Waals surface area contributed by atoms with Crippen LogP contribution >= 0.6 is 11.6 Å². The number of aromatic nitrogens is 2. The van der Waals surface area contributed by atoms with Crippen LogP contribution in [0.15, 0.2) is 47.5 Å². The van der Waals surface area contributed by atoms with E-state index in [0.717, 1.165) is 24.1 Å². The van der Waals surface area contributed by atoms with Crippen molar-refractivity contribution in [1.29, 1.82) is 0 Å². The molecule has 0 spiro atoms. The van der Waals surface area contributed by atoms with Crippen molar-refractivity contribution in [1.82, 2.24) is 14.7 Å². The molecular weight excluding hydrogens is 452 g/mol. The summed E-state index contributed by atoms with van der Waals surface area (Å²) in [6.45, 7) is 1.15. The number of amides is 3. The van der Waals surface area contributed by atoms with E-state index in [1.165, 1.54) is 5.56 Å². The van der Waals surface area contributed by atoms with Crippen molar-refractivity contribution in [2.24, 2.45) is 10.7 Å². The van der Waals surface area contributed by atoms with Crippen LogP contribution in [0.25, 0.3) is 11.3 Å². The maximum atomic E-state index is 13.1. The van der Waals surface area contributed by atoms with Crippen LogP contribution in [-0.2, 0) is 13.1 Å². The molecule has 34 heavy (non-hydrogen) atoms. The lowest BCUT2D eigenvalue weighted by molar-refractivity contribution is 0.0997. The molecule has 1 aromatic heterocycles. The van der Waals surface area contributed by atoms with E-state index in [0.29, 0.717) is 46.5 Å². The van der Waals surface area contributed by atoms with Crippen LogP contribution in [0.3, 0.4) is 0 Å². The van der Waals surface area contributed by atoms with E-state index in [1.54, 1.807) is 34.8 Å². The molecule has 8 nitrogen and oxygen atoms in total. The Morgan fingerprint density at radius 1 is 1.21 bits per heavy atom. The van der Waals surface area contributed by atoms with Crippen LogP contribution in [0, 0.1) is 0 Å². The van der Waals surface area contributed by atoms with Gasteiger partial charge in [0.25, 0.3) is 5.91 Å². The molecule has 1 fully saturated rings. The molecule has 3 N–H and O–H groups in total. The molecule has 9 heteroatoms. The summed E-state index contributed by atoms with van der Waals surface area (Å²) in [4.78, 5) is 31.3. The zero-order valence-electron chi connectivity index (χ0n) is 18.8. The highest BCUT2D eigenvalue weighted by Crippen LogP contribution is 2.42. The van der Waals surface area contributed by atoms with E-state index in [-0.39, 0.29) is 12.6 Å². The summed E-state index contributed by atoms with van der Waals surface area (Å²) in [6.07, 6.45) is 4.17. The Hall–Kier alpha value is -3.65. The third kappa shape index (κ3) is 4.28. The number of primary amides is 1. The summed E-state index contributed by atoms with van der Waals surface area (Å²) in [5.74, 6) is -0.0574. The number of nitrogens with two attached hydrogens (primary N) is 1. The van der Waals surface area contributed by atoms with E-state index in [1.807, 2.05) is 30.5 Å². The Morgan fingerprint density at radius 2 is 2.03 bits per heavy atom. The van der Waals surface area contributed by atoms with Crippen molar-refractivity contribution in [3.63, 3.8) is 0 Å². The highest BCUT2D eigenvalue weighted by Gasteiger charge is 2.30. The molecule has 2 heterocycles. The highest BCUT2D eigenvalue weighted by atomic mass is 35.5. The molecule has 3 amide bonds. The van der Waals surface area contributed by atoms with Crippen LogP contribution in [0.4, 0.5) is 10.5 Å². The monoisotopic (exact) mass is 476 g/mol. The number of hydrogen-bond donors (Lipinski definition) is 2. The molecule has 174 valence electrons. The van der Waals surface area contributed by atoms with Crippen molar-refractivity contribution in [3.05, 3.63) is 69.9 Å². The van der Waals surface area contributed by atoms with E-state index in [4.69, 9.17) is 17.3 Å². The summed E-state index contributed by atoms with van der Waals surface area (Å²) < 4.78 is 1.75. The number of urea groups is 1. The first kappa shape index (κ1) is 22.2. The van der Waals surface area contributed by atoms with Gasteiger partial charge in [-0.05, 0) is 54.2 Å². The summed E-state index contributed by atoms with van der Waals surface area (Å²) in [5, 5.41) is 8.16. The lowest BCUT2D eigenvalue weighted by Gasteiger charge is -2.28. The Morgan fingerprint density at radius 3 is 2.74 bits per heavy atom. The quantitative estimate of drug-likeness (QED) is 0.537. The van der Waals surface area contributed by atoms with Gasteiger partial charge >= 0.3 is 6.03 Å². The van der Waals surface area contributed by atoms with Crippen LogP contribution < -0.4 is 11.1 Å². The first-order chi connectivity index (χ1) is 16.4. The first-order valence-electron chi connectivity index (χ1n) is 11.2. The molecule has 5 rings (SSSR count). The van der Waals surface area contributed by atoms with Gasteiger partial charge in [0, 0.05) is 36.1 Å². The van der Waals surface area contributed by atoms with Crippen LogP contribution in [-0.4, -0.2) is 46.4 Å². The number of carbonyl (C=O) groups excluding carboxylic acids is 2. The van der Waals surface area contributed by atoms with Crippen molar-refractivity contribution in [2.45, 2.75) is 31.8 Å². The molecule has 0 bridgehead atoms. The highest BCUT2D eigenvalue weighted by molar-refractivity contribution is 6.30. The summed E-state index contributed by atoms with van der Waals surface area (Å²) in [5.41, 5.74) is 10.9. The maximum absolute atomic E-state index is 13.1. The average molecular weight is 477 g/mol. The fourth-order valence-corrected chi connectivity index (χ4v) is 4.64. The van der Waals surface area contributed by atoms with Crippen molar-refractivity contribution in [2.75, 3.05) is 18.9 Å². The number of benzene rings is 2. The number of anilines is 1. The van der Waals surface area contributed by atoms with Gasteiger partial charge in [0.05, 0.1) is 24.3 Å². The minimum Gasteiger partial charge on any atom is -0.365 e. The van der Waals surface area contributed by atoms with Gasteiger partial charge in [-0.1, -0.05) is 29.8 Å². The number of rotatable bonds is 5. The predicted molar refractivity (Wildman–Crippen MR) is 133 cm³/mol. The molecule has 0 unspecified atom stereocenters. The Balaban J connectivity index is 1.39.